The number of benzene rings is 1. The van der Waals surface area contributed by atoms with Gasteiger partial charge in [-0.2, -0.15) is 0 Å². The SMILES string of the molecule is Fc1ccc2c(c1)C1(CCN(C[C@H]3C[C@H]4C=C[C@H]3C4)CC1)CN2.[HH]. The lowest BCUT2D eigenvalue weighted by Gasteiger charge is -2.40. The Kier molecular flexibility index (Phi) is 3.09. The summed E-state index contributed by atoms with van der Waals surface area (Å²) in [5, 5.41) is 3.50. The number of piperidine rings is 1. The van der Waals surface area contributed by atoms with E-state index in [2.05, 4.69) is 22.4 Å². The number of nitrogens with one attached hydrogen (secondary N) is 1. The molecule has 1 aromatic rings. The Morgan fingerprint density at radius 2 is 2.09 bits per heavy atom. The van der Waals surface area contributed by atoms with Gasteiger partial charge in [-0.15, -0.1) is 0 Å². The van der Waals surface area contributed by atoms with Crippen molar-refractivity contribution in [2.24, 2.45) is 17.8 Å². The summed E-state index contributed by atoms with van der Waals surface area (Å²) in [4.78, 5) is 2.67. The molecule has 2 bridgehead atoms. The van der Waals surface area contributed by atoms with E-state index in [-0.39, 0.29) is 12.7 Å². The molecule has 0 radical (unpaired) electrons. The summed E-state index contributed by atoms with van der Waals surface area (Å²) >= 11 is 0. The van der Waals surface area contributed by atoms with Crippen molar-refractivity contribution in [1.82, 2.24) is 4.90 Å². The molecule has 4 aliphatic rings. The summed E-state index contributed by atoms with van der Waals surface area (Å²) in [6.07, 6.45) is 10.0. The number of fused-ring (bicyclic) bond motifs is 4. The minimum Gasteiger partial charge on any atom is -0.384 e. The summed E-state index contributed by atoms with van der Waals surface area (Å²) in [5.41, 5.74) is 2.54. The van der Waals surface area contributed by atoms with E-state index >= 15 is 0 Å². The molecule has 0 amide bonds. The monoisotopic (exact) mass is 314 g/mol. The van der Waals surface area contributed by atoms with Crippen LogP contribution in [0.3, 0.4) is 0 Å². The Labute approximate surface area is 139 Å². The number of likely N-dealkylation sites (tertiary alicyclic amines) is 1. The second kappa shape index (κ2) is 5.07. The number of hydrogen-bond donors (Lipinski definition) is 1. The van der Waals surface area contributed by atoms with Crippen LogP contribution in [0.4, 0.5) is 10.1 Å². The van der Waals surface area contributed by atoms with Crippen LogP contribution in [0, 0.1) is 23.6 Å². The largest absolute Gasteiger partial charge is 0.384 e. The first-order chi connectivity index (χ1) is 11.2. The molecule has 3 atom stereocenters. The molecule has 1 aromatic carbocycles. The highest BCUT2D eigenvalue weighted by Gasteiger charge is 2.43. The van der Waals surface area contributed by atoms with Gasteiger partial charge >= 0.3 is 0 Å². The summed E-state index contributed by atoms with van der Waals surface area (Å²) < 4.78 is 13.7. The maximum absolute atomic E-state index is 13.7. The van der Waals surface area contributed by atoms with Gasteiger partial charge in [0.05, 0.1) is 0 Å². The smallest absolute Gasteiger partial charge is 0.123 e. The molecule has 1 saturated heterocycles. The van der Waals surface area contributed by atoms with Crippen LogP contribution in [-0.2, 0) is 5.41 Å². The van der Waals surface area contributed by atoms with Crippen LogP contribution in [0.15, 0.2) is 30.4 Å². The lowest BCUT2D eigenvalue weighted by molar-refractivity contribution is 0.140. The summed E-state index contributed by atoms with van der Waals surface area (Å²) in [5.74, 6) is 2.50. The van der Waals surface area contributed by atoms with Gasteiger partial charge in [-0.1, -0.05) is 12.2 Å². The molecule has 2 nitrogen and oxygen atoms in total. The molecule has 1 N–H and O–H groups in total. The highest BCUT2D eigenvalue weighted by atomic mass is 19.1. The quantitative estimate of drug-likeness (QED) is 0.829. The number of hydrogen-bond acceptors (Lipinski definition) is 2. The maximum Gasteiger partial charge on any atom is 0.123 e. The Morgan fingerprint density at radius 3 is 2.83 bits per heavy atom. The van der Waals surface area contributed by atoms with Crippen molar-refractivity contribution < 1.29 is 5.82 Å². The van der Waals surface area contributed by atoms with Crippen molar-refractivity contribution >= 4 is 5.69 Å². The minimum atomic E-state index is -0.0944. The number of nitrogens with zero attached hydrogens (tertiary/aromatic N) is 1. The van der Waals surface area contributed by atoms with E-state index in [1.165, 1.54) is 24.9 Å². The van der Waals surface area contributed by atoms with Gasteiger partial charge in [-0.3, -0.25) is 0 Å². The maximum atomic E-state index is 13.7. The number of anilines is 1. The van der Waals surface area contributed by atoms with Crippen molar-refractivity contribution in [3.8, 4) is 0 Å². The van der Waals surface area contributed by atoms with Gasteiger partial charge in [0, 0.05) is 25.6 Å². The second-order valence-corrected chi connectivity index (χ2v) is 8.16. The first-order valence-electron chi connectivity index (χ1n) is 9.16. The summed E-state index contributed by atoms with van der Waals surface area (Å²) in [7, 11) is 0. The van der Waals surface area contributed by atoms with Gasteiger partial charge in [0.15, 0.2) is 0 Å². The van der Waals surface area contributed by atoms with Crippen molar-refractivity contribution in [1.29, 1.82) is 0 Å². The van der Waals surface area contributed by atoms with Crippen molar-refractivity contribution in [2.45, 2.75) is 31.1 Å². The van der Waals surface area contributed by atoms with E-state index in [1.54, 1.807) is 12.1 Å². The Morgan fingerprint density at radius 1 is 1.22 bits per heavy atom. The zero-order valence-corrected chi connectivity index (χ0v) is 13.6. The van der Waals surface area contributed by atoms with Crippen LogP contribution in [-0.4, -0.2) is 31.1 Å². The van der Waals surface area contributed by atoms with Gasteiger partial charge < -0.3 is 10.2 Å². The Hall–Kier alpha value is -1.35. The van der Waals surface area contributed by atoms with Crippen LogP contribution in [0.5, 0.6) is 0 Å². The standard InChI is InChI=1S/C20H25FN2.H2/c21-17-3-4-19-18(11-17)20(13-22-19)5-7-23(8-6-20)12-16-10-14-1-2-15(16)9-14;/h1-4,11,14-16,22H,5-10,12-13H2;1H/t14-,15-,16+;/m0./s1. The topological polar surface area (TPSA) is 15.3 Å². The molecule has 1 spiro atoms. The van der Waals surface area contributed by atoms with Crippen molar-refractivity contribution in [2.75, 3.05) is 31.5 Å². The predicted octanol–water partition coefficient (Wildman–Crippen LogP) is 4.04. The van der Waals surface area contributed by atoms with Gasteiger partial charge in [0.1, 0.15) is 5.82 Å². The average Bonchev–Trinajstić information content (AvgIpc) is 3.25. The molecule has 2 heterocycles. The van der Waals surface area contributed by atoms with Gasteiger partial charge in [0.2, 0.25) is 0 Å². The van der Waals surface area contributed by atoms with E-state index < -0.39 is 0 Å². The Bertz CT molecular complexity index is 651. The number of rotatable bonds is 2. The third kappa shape index (κ3) is 2.24. The fourth-order valence-electron chi connectivity index (χ4n) is 5.51. The second-order valence-electron chi connectivity index (χ2n) is 8.16. The number of allylic oxidation sites excluding steroid dienone is 2. The van der Waals surface area contributed by atoms with Crippen molar-refractivity contribution in [3.05, 3.63) is 41.7 Å². The fourth-order valence-corrected chi connectivity index (χ4v) is 5.51. The first kappa shape index (κ1) is 14.0. The molecule has 23 heavy (non-hydrogen) atoms. The van der Waals surface area contributed by atoms with Gasteiger partial charge in [-0.05, 0) is 80.3 Å². The highest BCUT2D eigenvalue weighted by molar-refractivity contribution is 5.60. The van der Waals surface area contributed by atoms with Crippen LogP contribution in [0.2, 0.25) is 0 Å². The van der Waals surface area contributed by atoms with Crippen molar-refractivity contribution in [3.63, 3.8) is 0 Å². The number of halogens is 1. The van der Waals surface area contributed by atoms with Crippen LogP contribution < -0.4 is 5.32 Å². The molecule has 0 aromatic heterocycles. The van der Waals surface area contributed by atoms with E-state index in [1.807, 2.05) is 6.07 Å². The van der Waals surface area contributed by atoms with Crippen LogP contribution in [0.25, 0.3) is 0 Å². The third-order valence-electron chi connectivity index (χ3n) is 6.89. The lowest BCUT2D eigenvalue weighted by atomic mass is 9.74. The van der Waals surface area contributed by atoms with Gasteiger partial charge in [0.25, 0.3) is 0 Å². The lowest BCUT2D eigenvalue weighted by Crippen LogP contribution is -2.45. The van der Waals surface area contributed by atoms with E-state index in [0.29, 0.717) is 0 Å². The fraction of sp³-hybridized carbons (Fsp3) is 0.600. The third-order valence-corrected chi connectivity index (χ3v) is 6.89. The molecule has 3 heteroatoms. The zero-order valence-electron chi connectivity index (χ0n) is 13.6. The molecule has 124 valence electrons. The minimum absolute atomic E-state index is 0. The van der Waals surface area contributed by atoms with Crippen LogP contribution >= 0.6 is 0 Å². The first-order valence-corrected chi connectivity index (χ1v) is 9.16. The molecule has 2 fully saturated rings. The molecule has 0 unspecified atom stereocenters. The molecular formula is C20H27FN2. The van der Waals surface area contributed by atoms with Gasteiger partial charge in [-0.25, -0.2) is 4.39 Å². The summed E-state index contributed by atoms with van der Waals surface area (Å²) in [6.45, 7) is 4.58. The molecule has 2 aliphatic heterocycles. The Balaban J connectivity index is 0.00000146. The molecule has 5 rings (SSSR count). The molecule has 2 aliphatic carbocycles. The van der Waals surface area contributed by atoms with E-state index in [9.17, 15) is 4.39 Å². The van der Waals surface area contributed by atoms with E-state index in [4.69, 9.17) is 0 Å². The highest BCUT2D eigenvalue weighted by Crippen LogP contribution is 2.46. The average molecular weight is 314 g/mol. The normalized spacial score (nSPS) is 34.0. The molecule has 1 saturated carbocycles. The zero-order chi connectivity index (χ0) is 15.4. The summed E-state index contributed by atoms with van der Waals surface area (Å²) in [6, 6.07) is 5.25. The van der Waals surface area contributed by atoms with Crippen LogP contribution in [0.1, 0.15) is 32.7 Å². The predicted molar refractivity (Wildman–Crippen MR) is 93.2 cm³/mol. The molecular weight excluding hydrogens is 287 g/mol. The van der Waals surface area contributed by atoms with E-state index in [0.717, 1.165) is 55.9 Å².